The van der Waals surface area contributed by atoms with Crippen molar-refractivity contribution < 1.29 is 4.79 Å². The highest BCUT2D eigenvalue weighted by atomic mass is 35.5. The van der Waals surface area contributed by atoms with Crippen molar-refractivity contribution >= 4 is 24.0 Å². The molecule has 0 bridgehead atoms. The van der Waals surface area contributed by atoms with E-state index in [0.29, 0.717) is 12.0 Å². The molecule has 0 aromatic heterocycles. The fourth-order valence-corrected chi connectivity index (χ4v) is 3.04. The zero-order valence-electron chi connectivity index (χ0n) is 12.9. The largest absolute Gasteiger partial charge is 0.385 e. The SMILES string of the molecule is CC(C)CN(C(=O)c1cccc2c1CCCN2)C1CC1.Cl. The van der Waals surface area contributed by atoms with Crippen LogP contribution in [0.15, 0.2) is 18.2 Å². The lowest BCUT2D eigenvalue weighted by atomic mass is 9.96. The van der Waals surface area contributed by atoms with Crippen LogP contribution in [-0.2, 0) is 6.42 Å². The summed E-state index contributed by atoms with van der Waals surface area (Å²) in [4.78, 5) is 15.0. The summed E-state index contributed by atoms with van der Waals surface area (Å²) < 4.78 is 0. The minimum atomic E-state index is 0. The first-order valence-electron chi connectivity index (χ1n) is 7.83. The molecule has 1 aromatic rings. The van der Waals surface area contributed by atoms with Crippen LogP contribution in [0.2, 0.25) is 0 Å². The lowest BCUT2D eigenvalue weighted by molar-refractivity contribution is 0.0721. The average molecular weight is 309 g/mol. The molecule has 3 nitrogen and oxygen atoms in total. The van der Waals surface area contributed by atoms with Crippen molar-refractivity contribution in [2.24, 2.45) is 5.92 Å². The van der Waals surface area contributed by atoms with Crippen LogP contribution >= 0.6 is 12.4 Å². The highest BCUT2D eigenvalue weighted by molar-refractivity contribution is 5.97. The molecule has 2 aliphatic rings. The van der Waals surface area contributed by atoms with Gasteiger partial charge >= 0.3 is 0 Å². The Kier molecular flexibility index (Phi) is 5.15. The number of fused-ring (bicyclic) bond motifs is 1. The van der Waals surface area contributed by atoms with Gasteiger partial charge in [0.25, 0.3) is 5.91 Å². The zero-order chi connectivity index (χ0) is 14.1. The first-order chi connectivity index (χ1) is 9.66. The van der Waals surface area contributed by atoms with Gasteiger partial charge < -0.3 is 10.2 Å². The van der Waals surface area contributed by atoms with Crippen molar-refractivity contribution in [3.05, 3.63) is 29.3 Å². The highest BCUT2D eigenvalue weighted by Gasteiger charge is 2.34. The molecule has 0 saturated heterocycles. The molecular weight excluding hydrogens is 284 g/mol. The molecule has 21 heavy (non-hydrogen) atoms. The van der Waals surface area contributed by atoms with Gasteiger partial charge in [0, 0.05) is 30.4 Å². The molecule has 1 saturated carbocycles. The quantitative estimate of drug-likeness (QED) is 0.919. The molecule has 0 atom stereocenters. The standard InChI is InChI=1S/C17H24N2O.ClH/c1-12(2)11-19(13-8-9-13)17(20)15-5-3-7-16-14(15)6-4-10-18-16;/h3,5,7,12-13,18H,4,6,8-11H2,1-2H3;1H. The summed E-state index contributed by atoms with van der Waals surface area (Å²) in [6, 6.07) is 6.58. The number of carbonyl (C=O) groups excluding carboxylic acids is 1. The van der Waals surface area contributed by atoms with Crippen LogP contribution in [0, 0.1) is 5.92 Å². The number of nitrogens with one attached hydrogen (secondary N) is 1. The molecule has 116 valence electrons. The van der Waals surface area contributed by atoms with Gasteiger partial charge in [0.1, 0.15) is 0 Å². The predicted octanol–water partition coefficient (Wildman–Crippen LogP) is 3.73. The fourth-order valence-electron chi connectivity index (χ4n) is 3.04. The number of halogens is 1. The van der Waals surface area contributed by atoms with E-state index in [2.05, 4.69) is 30.1 Å². The van der Waals surface area contributed by atoms with Crippen LogP contribution in [0.25, 0.3) is 0 Å². The van der Waals surface area contributed by atoms with E-state index in [1.54, 1.807) is 0 Å². The van der Waals surface area contributed by atoms with Crippen LogP contribution < -0.4 is 5.32 Å². The Morgan fingerprint density at radius 2 is 2.14 bits per heavy atom. The Labute approximate surface area is 133 Å². The van der Waals surface area contributed by atoms with Gasteiger partial charge in [-0.25, -0.2) is 0 Å². The molecule has 3 rings (SSSR count). The predicted molar refractivity (Wildman–Crippen MR) is 89.4 cm³/mol. The fraction of sp³-hybridized carbons (Fsp3) is 0.588. The van der Waals surface area contributed by atoms with Crippen LogP contribution in [0.4, 0.5) is 5.69 Å². The van der Waals surface area contributed by atoms with E-state index in [4.69, 9.17) is 0 Å². The molecular formula is C17H25ClN2O. The third kappa shape index (κ3) is 3.52. The van der Waals surface area contributed by atoms with Gasteiger partial charge in [0.2, 0.25) is 0 Å². The maximum Gasteiger partial charge on any atom is 0.254 e. The Bertz CT molecular complexity index is 512. The molecule has 1 aliphatic carbocycles. The minimum absolute atomic E-state index is 0. The van der Waals surface area contributed by atoms with Crippen LogP contribution in [-0.4, -0.2) is 29.9 Å². The minimum Gasteiger partial charge on any atom is -0.385 e. The zero-order valence-corrected chi connectivity index (χ0v) is 13.7. The maximum absolute atomic E-state index is 12.9. The molecule has 4 heteroatoms. The van der Waals surface area contributed by atoms with E-state index in [1.807, 2.05) is 12.1 Å². The second-order valence-corrected chi connectivity index (χ2v) is 6.44. The van der Waals surface area contributed by atoms with Crippen molar-refractivity contribution in [3.63, 3.8) is 0 Å². The van der Waals surface area contributed by atoms with Gasteiger partial charge in [0.05, 0.1) is 0 Å². The monoisotopic (exact) mass is 308 g/mol. The number of amides is 1. The molecule has 1 fully saturated rings. The summed E-state index contributed by atoms with van der Waals surface area (Å²) in [5, 5.41) is 3.41. The Hall–Kier alpha value is -1.22. The van der Waals surface area contributed by atoms with Gasteiger partial charge in [-0.3, -0.25) is 4.79 Å². The first kappa shape index (κ1) is 16.2. The molecule has 1 N–H and O–H groups in total. The number of anilines is 1. The van der Waals surface area contributed by atoms with E-state index >= 15 is 0 Å². The molecule has 1 aliphatic heterocycles. The normalized spacial score (nSPS) is 16.7. The first-order valence-corrected chi connectivity index (χ1v) is 7.83. The van der Waals surface area contributed by atoms with Gasteiger partial charge in [-0.1, -0.05) is 19.9 Å². The van der Waals surface area contributed by atoms with Gasteiger partial charge in [-0.15, -0.1) is 12.4 Å². The Morgan fingerprint density at radius 3 is 2.81 bits per heavy atom. The van der Waals surface area contributed by atoms with Crippen molar-refractivity contribution in [3.8, 4) is 0 Å². The Morgan fingerprint density at radius 1 is 1.38 bits per heavy atom. The van der Waals surface area contributed by atoms with Crippen LogP contribution in [0.1, 0.15) is 49.0 Å². The van der Waals surface area contributed by atoms with Crippen molar-refractivity contribution in [1.82, 2.24) is 4.90 Å². The summed E-state index contributed by atoms with van der Waals surface area (Å²) in [5.41, 5.74) is 3.29. The van der Waals surface area contributed by atoms with E-state index in [-0.39, 0.29) is 18.3 Å². The van der Waals surface area contributed by atoms with E-state index in [0.717, 1.165) is 37.2 Å². The summed E-state index contributed by atoms with van der Waals surface area (Å²) in [6.45, 7) is 6.26. The van der Waals surface area contributed by atoms with Gasteiger partial charge in [-0.2, -0.15) is 0 Å². The van der Waals surface area contributed by atoms with Gasteiger partial charge in [0.15, 0.2) is 0 Å². The number of rotatable bonds is 4. The topological polar surface area (TPSA) is 32.3 Å². The second-order valence-electron chi connectivity index (χ2n) is 6.44. The van der Waals surface area contributed by atoms with Crippen LogP contribution in [0.5, 0.6) is 0 Å². The number of hydrogen-bond acceptors (Lipinski definition) is 2. The summed E-state index contributed by atoms with van der Waals surface area (Å²) >= 11 is 0. The molecule has 0 unspecified atom stereocenters. The second kappa shape index (κ2) is 6.69. The number of benzene rings is 1. The lowest BCUT2D eigenvalue weighted by Crippen LogP contribution is -2.37. The number of hydrogen-bond donors (Lipinski definition) is 1. The number of carbonyl (C=O) groups is 1. The Balaban J connectivity index is 0.00000161. The molecule has 1 heterocycles. The van der Waals surface area contributed by atoms with Crippen LogP contribution in [0.3, 0.4) is 0 Å². The molecule has 0 radical (unpaired) electrons. The maximum atomic E-state index is 12.9. The lowest BCUT2D eigenvalue weighted by Gasteiger charge is -2.27. The average Bonchev–Trinajstić information content (AvgIpc) is 3.28. The molecule has 0 spiro atoms. The van der Waals surface area contributed by atoms with E-state index in [1.165, 1.54) is 18.4 Å². The van der Waals surface area contributed by atoms with E-state index in [9.17, 15) is 4.79 Å². The summed E-state index contributed by atoms with van der Waals surface area (Å²) in [6.07, 6.45) is 4.48. The summed E-state index contributed by atoms with van der Waals surface area (Å²) in [7, 11) is 0. The smallest absolute Gasteiger partial charge is 0.254 e. The van der Waals surface area contributed by atoms with E-state index < -0.39 is 0 Å². The van der Waals surface area contributed by atoms with Crippen molar-refractivity contribution in [2.45, 2.75) is 45.6 Å². The molecule has 1 aromatic carbocycles. The third-order valence-corrected chi connectivity index (χ3v) is 4.14. The van der Waals surface area contributed by atoms with Crippen molar-refractivity contribution in [2.75, 3.05) is 18.4 Å². The molecule has 1 amide bonds. The third-order valence-electron chi connectivity index (χ3n) is 4.14. The van der Waals surface area contributed by atoms with Crippen molar-refractivity contribution in [1.29, 1.82) is 0 Å². The number of nitrogens with zero attached hydrogens (tertiary/aromatic N) is 1. The highest BCUT2D eigenvalue weighted by Crippen LogP contribution is 2.32. The van der Waals surface area contributed by atoms with Gasteiger partial charge in [-0.05, 0) is 49.3 Å². The summed E-state index contributed by atoms with van der Waals surface area (Å²) in [5.74, 6) is 0.763.